The van der Waals surface area contributed by atoms with Crippen LogP contribution in [0.1, 0.15) is 89.0 Å². The summed E-state index contributed by atoms with van der Waals surface area (Å²) in [6.07, 6.45) is 8.29. The molecule has 2 aliphatic rings. The molecule has 3 unspecified atom stereocenters. The number of carbonyl (C=O) groups is 1. The lowest BCUT2D eigenvalue weighted by molar-refractivity contribution is -0.128. The summed E-state index contributed by atoms with van der Waals surface area (Å²) in [5.74, 6) is 1.59. The second-order valence-electron chi connectivity index (χ2n) is 10.4. The van der Waals surface area contributed by atoms with Crippen molar-refractivity contribution in [3.05, 3.63) is 40.5 Å². The number of aryl methyl sites for hydroxylation is 1. The van der Waals surface area contributed by atoms with Crippen molar-refractivity contribution in [1.82, 2.24) is 5.32 Å². The maximum absolute atomic E-state index is 13.7. The summed E-state index contributed by atoms with van der Waals surface area (Å²) in [5.41, 5.74) is 11.6. The molecular weight excluding hydrogens is 356 g/mol. The smallest absolute Gasteiger partial charge is 0.163 e. The van der Waals surface area contributed by atoms with E-state index in [0.29, 0.717) is 24.2 Å². The lowest BCUT2D eigenvalue weighted by Crippen LogP contribution is -2.45. The predicted octanol–water partition coefficient (Wildman–Crippen LogP) is 5.53. The Bertz CT molecular complexity index is 807. The predicted molar refractivity (Wildman–Crippen MR) is 122 cm³/mol. The largest absolute Gasteiger partial charge is 0.379 e. The summed E-state index contributed by atoms with van der Waals surface area (Å²) in [6.45, 7) is 13.9. The average molecular weight is 397 g/mol. The quantitative estimate of drug-likeness (QED) is 0.643. The molecule has 0 radical (unpaired) electrons. The van der Waals surface area contributed by atoms with Crippen molar-refractivity contribution < 1.29 is 4.79 Å². The van der Waals surface area contributed by atoms with Crippen molar-refractivity contribution in [2.45, 2.75) is 92.2 Å². The Labute approximate surface area is 177 Å². The van der Waals surface area contributed by atoms with Gasteiger partial charge in [-0.15, -0.1) is 0 Å². The van der Waals surface area contributed by atoms with Crippen molar-refractivity contribution in [3.63, 3.8) is 0 Å². The van der Waals surface area contributed by atoms with E-state index in [-0.39, 0.29) is 11.0 Å². The van der Waals surface area contributed by atoms with Gasteiger partial charge in [-0.25, -0.2) is 0 Å². The van der Waals surface area contributed by atoms with Crippen LogP contribution in [0.4, 0.5) is 0 Å². The van der Waals surface area contributed by atoms with Gasteiger partial charge in [0, 0.05) is 34.8 Å². The summed E-state index contributed by atoms with van der Waals surface area (Å²) in [5, 5.41) is 3.67. The number of hydrogen-bond acceptors (Lipinski definition) is 3. The number of benzene rings is 1. The first-order valence-electron chi connectivity index (χ1n) is 11.5. The molecule has 1 aliphatic heterocycles. The molecule has 1 aromatic carbocycles. The number of fused-ring (bicyclic) bond motifs is 1. The molecule has 3 nitrogen and oxygen atoms in total. The van der Waals surface area contributed by atoms with Crippen LogP contribution in [0.25, 0.3) is 5.70 Å². The zero-order chi connectivity index (χ0) is 21.4. The second kappa shape index (κ2) is 8.26. The topological polar surface area (TPSA) is 55.1 Å². The van der Waals surface area contributed by atoms with Crippen molar-refractivity contribution in [2.75, 3.05) is 0 Å². The third-order valence-corrected chi connectivity index (χ3v) is 7.38. The molecule has 1 fully saturated rings. The molecule has 0 saturated heterocycles. The van der Waals surface area contributed by atoms with E-state index >= 15 is 0 Å². The molecule has 1 aromatic rings. The number of ketones is 1. The fourth-order valence-electron chi connectivity index (χ4n) is 5.79. The van der Waals surface area contributed by atoms with E-state index in [4.69, 9.17) is 5.73 Å². The second-order valence-corrected chi connectivity index (χ2v) is 10.4. The summed E-state index contributed by atoms with van der Waals surface area (Å²) >= 11 is 0. The van der Waals surface area contributed by atoms with Gasteiger partial charge in [-0.3, -0.25) is 4.79 Å². The lowest BCUT2D eigenvalue weighted by Gasteiger charge is -2.42. The average Bonchev–Trinajstić information content (AvgIpc) is 2.65. The Morgan fingerprint density at radius 2 is 2.00 bits per heavy atom. The molecule has 1 heterocycles. The lowest BCUT2D eigenvalue weighted by atomic mass is 9.62. The highest BCUT2D eigenvalue weighted by molar-refractivity contribution is 6.01. The van der Waals surface area contributed by atoms with E-state index in [2.05, 4.69) is 59.0 Å². The van der Waals surface area contributed by atoms with Gasteiger partial charge >= 0.3 is 0 Å². The fraction of sp³-hybridized carbons (Fsp3) is 0.654. The van der Waals surface area contributed by atoms with Crippen LogP contribution in [0.5, 0.6) is 0 Å². The molecule has 3 atom stereocenters. The van der Waals surface area contributed by atoms with Crippen LogP contribution < -0.4 is 11.1 Å². The molecule has 3 N–H and O–H groups in total. The minimum Gasteiger partial charge on any atom is -0.379 e. The van der Waals surface area contributed by atoms with Crippen LogP contribution in [-0.2, 0) is 17.8 Å². The van der Waals surface area contributed by atoms with E-state index in [1.165, 1.54) is 24.0 Å². The zero-order valence-electron chi connectivity index (χ0n) is 19.3. The van der Waals surface area contributed by atoms with Gasteiger partial charge < -0.3 is 11.1 Å². The van der Waals surface area contributed by atoms with E-state index in [0.717, 1.165) is 42.5 Å². The first-order valence-corrected chi connectivity index (χ1v) is 11.5. The molecule has 0 spiro atoms. The first kappa shape index (κ1) is 22.1. The Balaban J connectivity index is 2.03. The monoisotopic (exact) mass is 396 g/mol. The van der Waals surface area contributed by atoms with Crippen LogP contribution >= 0.6 is 0 Å². The van der Waals surface area contributed by atoms with Crippen LogP contribution in [0.3, 0.4) is 0 Å². The van der Waals surface area contributed by atoms with E-state index in [1.54, 1.807) is 0 Å². The van der Waals surface area contributed by atoms with Crippen molar-refractivity contribution in [2.24, 2.45) is 23.0 Å². The Kier molecular flexibility index (Phi) is 6.29. The van der Waals surface area contributed by atoms with Gasteiger partial charge in [0.2, 0.25) is 0 Å². The highest BCUT2D eigenvalue weighted by Gasteiger charge is 2.42. The van der Waals surface area contributed by atoms with Crippen LogP contribution in [0.15, 0.2) is 18.2 Å². The van der Waals surface area contributed by atoms with Crippen LogP contribution in [0.2, 0.25) is 0 Å². The third-order valence-electron chi connectivity index (χ3n) is 7.38. The molecule has 3 heteroatoms. The molecule has 0 bridgehead atoms. The van der Waals surface area contributed by atoms with Gasteiger partial charge in [-0.2, -0.15) is 0 Å². The summed E-state index contributed by atoms with van der Waals surface area (Å²) in [4.78, 5) is 13.7. The molecule has 3 rings (SSSR count). The number of hydrogen-bond donors (Lipinski definition) is 2. The number of nitrogens with one attached hydrogen (secondary N) is 1. The molecule has 0 amide bonds. The van der Waals surface area contributed by atoms with E-state index < -0.39 is 0 Å². The first-order chi connectivity index (χ1) is 13.6. The van der Waals surface area contributed by atoms with Crippen molar-refractivity contribution >= 4 is 11.5 Å². The SMILES string of the molecule is CCC1CC(C)CC(CC)(C(=O)/C=C2\NC(C)(C)Cc3cc(C)c(CN)cc32)C1. The highest BCUT2D eigenvalue weighted by Crippen LogP contribution is 2.47. The number of nitrogens with two attached hydrogens (primary N) is 1. The molecule has 160 valence electrons. The summed E-state index contributed by atoms with van der Waals surface area (Å²) in [6, 6.07) is 4.47. The molecule has 0 aromatic heterocycles. The number of allylic oxidation sites excluding steroid dienone is 1. The van der Waals surface area contributed by atoms with Gasteiger partial charge in [-0.1, -0.05) is 33.3 Å². The van der Waals surface area contributed by atoms with E-state index in [1.807, 2.05) is 6.08 Å². The van der Waals surface area contributed by atoms with Crippen molar-refractivity contribution in [3.8, 4) is 0 Å². The molecule has 29 heavy (non-hydrogen) atoms. The van der Waals surface area contributed by atoms with Gasteiger partial charge in [0.1, 0.15) is 0 Å². The minimum absolute atomic E-state index is 0.0685. The minimum atomic E-state index is -0.212. The van der Waals surface area contributed by atoms with Gasteiger partial charge in [0.05, 0.1) is 0 Å². The summed E-state index contributed by atoms with van der Waals surface area (Å²) < 4.78 is 0. The Hall–Kier alpha value is -1.61. The normalized spacial score (nSPS) is 30.0. The van der Waals surface area contributed by atoms with Gasteiger partial charge in [0.25, 0.3) is 0 Å². The molecular formula is C26H40N2O. The number of rotatable bonds is 5. The van der Waals surface area contributed by atoms with Crippen LogP contribution in [-0.4, -0.2) is 11.3 Å². The van der Waals surface area contributed by atoms with Gasteiger partial charge in [-0.05, 0) is 87.5 Å². The third kappa shape index (κ3) is 4.45. The highest BCUT2D eigenvalue weighted by atomic mass is 16.1. The van der Waals surface area contributed by atoms with Gasteiger partial charge in [0.15, 0.2) is 5.78 Å². The Morgan fingerprint density at radius 3 is 2.62 bits per heavy atom. The van der Waals surface area contributed by atoms with Crippen LogP contribution in [0, 0.1) is 24.2 Å². The molecule has 1 saturated carbocycles. The molecule has 1 aliphatic carbocycles. The maximum Gasteiger partial charge on any atom is 0.163 e. The number of carbonyl (C=O) groups excluding carboxylic acids is 1. The van der Waals surface area contributed by atoms with E-state index in [9.17, 15) is 4.79 Å². The zero-order valence-corrected chi connectivity index (χ0v) is 19.3. The summed E-state index contributed by atoms with van der Waals surface area (Å²) in [7, 11) is 0. The maximum atomic E-state index is 13.7. The fourth-order valence-corrected chi connectivity index (χ4v) is 5.79. The van der Waals surface area contributed by atoms with Crippen molar-refractivity contribution in [1.29, 1.82) is 0 Å². The Morgan fingerprint density at radius 1 is 1.28 bits per heavy atom. The standard InChI is InChI=1S/C26H40N2O/c1-7-19-9-17(3)13-26(8-2,14-19)24(29)12-23-22-11-21(16-27)18(4)10-20(22)15-25(5,6)28-23/h10-12,17,19,28H,7-9,13-16,27H2,1-6H3/b23-12-.